The summed E-state index contributed by atoms with van der Waals surface area (Å²) in [5.74, 6) is -1.19. The summed E-state index contributed by atoms with van der Waals surface area (Å²) in [5.41, 5.74) is 3.28. The first kappa shape index (κ1) is 18.5. The number of aliphatic carboxylic acids is 1. The van der Waals surface area contributed by atoms with Crippen molar-refractivity contribution in [3.63, 3.8) is 0 Å². The van der Waals surface area contributed by atoms with Crippen LogP contribution in [0.15, 0.2) is 42.5 Å². The van der Waals surface area contributed by atoms with Crippen molar-refractivity contribution in [1.82, 2.24) is 5.32 Å². The SMILES string of the molecule is COc1ccc(C(C)C(=O)NC(C(=O)O)c2cc(C)cc(C)c2)cc1. The van der Waals surface area contributed by atoms with E-state index in [4.69, 9.17) is 4.74 Å². The highest BCUT2D eigenvalue weighted by Gasteiger charge is 2.25. The van der Waals surface area contributed by atoms with Gasteiger partial charge in [-0.05, 0) is 44.0 Å². The third-order valence-corrected chi connectivity index (χ3v) is 4.12. The first-order valence-corrected chi connectivity index (χ1v) is 8.07. The molecule has 2 aromatic rings. The van der Waals surface area contributed by atoms with Crippen LogP contribution in [0.5, 0.6) is 5.75 Å². The molecule has 2 aromatic carbocycles. The number of ether oxygens (including phenoxy) is 1. The minimum atomic E-state index is -1.08. The van der Waals surface area contributed by atoms with Crippen LogP contribution in [-0.4, -0.2) is 24.1 Å². The number of nitrogens with one attached hydrogen (secondary N) is 1. The third-order valence-electron chi connectivity index (χ3n) is 4.12. The highest BCUT2D eigenvalue weighted by atomic mass is 16.5. The van der Waals surface area contributed by atoms with Gasteiger partial charge in [-0.3, -0.25) is 4.79 Å². The Morgan fingerprint density at radius 2 is 1.56 bits per heavy atom. The molecule has 0 fully saturated rings. The fourth-order valence-electron chi connectivity index (χ4n) is 2.78. The number of aryl methyl sites for hydroxylation is 2. The zero-order valence-corrected chi connectivity index (χ0v) is 14.9. The van der Waals surface area contributed by atoms with Crippen molar-refractivity contribution in [2.45, 2.75) is 32.7 Å². The molecule has 2 N–H and O–H groups in total. The first-order chi connectivity index (χ1) is 11.8. The minimum absolute atomic E-state index is 0.336. The van der Waals surface area contributed by atoms with Gasteiger partial charge in [0.05, 0.1) is 13.0 Å². The highest BCUT2D eigenvalue weighted by molar-refractivity contribution is 5.88. The number of amides is 1. The van der Waals surface area contributed by atoms with Crippen molar-refractivity contribution in [2.24, 2.45) is 0 Å². The predicted molar refractivity (Wildman–Crippen MR) is 95.8 cm³/mol. The summed E-state index contributed by atoms with van der Waals surface area (Å²) in [6, 6.07) is 11.6. The number of methoxy groups -OCH3 is 1. The van der Waals surface area contributed by atoms with Crippen molar-refractivity contribution < 1.29 is 19.4 Å². The summed E-state index contributed by atoms with van der Waals surface area (Å²) >= 11 is 0. The van der Waals surface area contributed by atoms with E-state index in [0.29, 0.717) is 11.3 Å². The van der Waals surface area contributed by atoms with Gasteiger partial charge in [0.25, 0.3) is 0 Å². The van der Waals surface area contributed by atoms with E-state index in [-0.39, 0.29) is 5.91 Å². The van der Waals surface area contributed by atoms with Crippen LogP contribution in [-0.2, 0) is 9.59 Å². The molecule has 5 nitrogen and oxygen atoms in total. The number of carbonyl (C=O) groups is 2. The molecule has 0 aliphatic heterocycles. The number of carboxylic acids is 1. The second-order valence-electron chi connectivity index (χ2n) is 6.20. The molecule has 0 aliphatic rings. The Kier molecular flexibility index (Phi) is 5.80. The maximum Gasteiger partial charge on any atom is 0.330 e. The molecule has 2 rings (SSSR count). The molecule has 0 saturated carbocycles. The van der Waals surface area contributed by atoms with Crippen molar-refractivity contribution in [2.75, 3.05) is 7.11 Å². The quantitative estimate of drug-likeness (QED) is 0.845. The van der Waals surface area contributed by atoms with E-state index >= 15 is 0 Å². The topological polar surface area (TPSA) is 75.6 Å². The Bertz CT molecular complexity index is 748. The average Bonchev–Trinajstić information content (AvgIpc) is 2.57. The van der Waals surface area contributed by atoms with Gasteiger partial charge >= 0.3 is 5.97 Å². The highest BCUT2D eigenvalue weighted by Crippen LogP contribution is 2.22. The lowest BCUT2D eigenvalue weighted by Crippen LogP contribution is -2.36. The fraction of sp³-hybridized carbons (Fsp3) is 0.300. The summed E-state index contributed by atoms with van der Waals surface area (Å²) in [4.78, 5) is 24.2. The van der Waals surface area contributed by atoms with Crippen molar-refractivity contribution in [3.8, 4) is 5.75 Å². The standard InChI is InChI=1S/C20H23NO4/c1-12-9-13(2)11-16(10-12)18(20(23)24)21-19(22)14(3)15-5-7-17(25-4)8-6-15/h5-11,14,18H,1-4H3,(H,21,22)(H,23,24). The molecular weight excluding hydrogens is 318 g/mol. The van der Waals surface area contributed by atoms with Crippen LogP contribution in [0.25, 0.3) is 0 Å². The molecule has 0 radical (unpaired) electrons. The summed E-state index contributed by atoms with van der Waals surface area (Å²) in [5, 5.41) is 12.2. The molecule has 0 aliphatic carbocycles. The van der Waals surface area contributed by atoms with Crippen LogP contribution in [0.4, 0.5) is 0 Å². The second-order valence-corrected chi connectivity index (χ2v) is 6.20. The van der Waals surface area contributed by atoms with Gasteiger partial charge in [0, 0.05) is 0 Å². The van der Waals surface area contributed by atoms with E-state index in [9.17, 15) is 14.7 Å². The van der Waals surface area contributed by atoms with Gasteiger partial charge in [0.1, 0.15) is 5.75 Å². The lowest BCUT2D eigenvalue weighted by atomic mass is 9.97. The number of carboxylic acid groups (broad SMARTS) is 1. The zero-order valence-electron chi connectivity index (χ0n) is 14.9. The third kappa shape index (κ3) is 4.59. The molecule has 0 heterocycles. The molecule has 0 saturated heterocycles. The molecular formula is C20H23NO4. The van der Waals surface area contributed by atoms with Crippen LogP contribution in [0.1, 0.15) is 41.1 Å². The van der Waals surface area contributed by atoms with Crippen LogP contribution >= 0.6 is 0 Å². The van der Waals surface area contributed by atoms with Gasteiger partial charge in [-0.2, -0.15) is 0 Å². The smallest absolute Gasteiger partial charge is 0.330 e. The van der Waals surface area contributed by atoms with Gasteiger partial charge in [0.2, 0.25) is 5.91 Å². The Morgan fingerprint density at radius 1 is 1.00 bits per heavy atom. The lowest BCUT2D eigenvalue weighted by molar-refractivity contribution is -0.142. The number of hydrogen-bond acceptors (Lipinski definition) is 3. The predicted octanol–water partition coefficient (Wildman–Crippen LogP) is 3.36. The Morgan fingerprint density at radius 3 is 2.04 bits per heavy atom. The molecule has 0 bridgehead atoms. The number of rotatable bonds is 6. The van der Waals surface area contributed by atoms with E-state index in [1.807, 2.05) is 19.9 Å². The van der Waals surface area contributed by atoms with Gasteiger partial charge in [-0.15, -0.1) is 0 Å². The van der Waals surface area contributed by atoms with Crippen molar-refractivity contribution in [3.05, 3.63) is 64.7 Å². The van der Waals surface area contributed by atoms with E-state index in [1.54, 1.807) is 50.4 Å². The first-order valence-electron chi connectivity index (χ1n) is 8.07. The molecule has 2 unspecified atom stereocenters. The van der Waals surface area contributed by atoms with E-state index in [0.717, 1.165) is 16.7 Å². The number of carbonyl (C=O) groups excluding carboxylic acids is 1. The maximum atomic E-state index is 12.6. The summed E-state index contributed by atoms with van der Waals surface area (Å²) in [6.07, 6.45) is 0. The molecule has 5 heteroatoms. The van der Waals surface area contributed by atoms with Crippen LogP contribution in [0, 0.1) is 13.8 Å². The van der Waals surface area contributed by atoms with E-state index in [1.165, 1.54) is 0 Å². The monoisotopic (exact) mass is 341 g/mol. The summed E-state index contributed by atoms with van der Waals surface area (Å²) in [7, 11) is 1.58. The number of hydrogen-bond donors (Lipinski definition) is 2. The second kappa shape index (κ2) is 7.83. The molecule has 0 spiro atoms. The molecule has 1 amide bonds. The average molecular weight is 341 g/mol. The van der Waals surface area contributed by atoms with Crippen LogP contribution in [0.2, 0.25) is 0 Å². The Hall–Kier alpha value is -2.82. The van der Waals surface area contributed by atoms with Crippen molar-refractivity contribution >= 4 is 11.9 Å². The summed E-state index contributed by atoms with van der Waals surface area (Å²) in [6.45, 7) is 5.55. The molecule has 2 atom stereocenters. The zero-order chi connectivity index (χ0) is 18.6. The molecule has 0 aromatic heterocycles. The van der Waals surface area contributed by atoms with E-state index in [2.05, 4.69) is 5.32 Å². The fourth-order valence-corrected chi connectivity index (χ4v) is 2.78. The maximum absolute atomic E-state index is 12.6. The van der Waals surface area contributed by atoms with Gasteiger partial charge in [-0.25, -0.2) is 4.79 Å². The summed E-state index contributed by atoms with van der Waals surface area (Å²) < 4.78 is 5.11. The van der Waals surface area contributed by atoms with Gasteiger partial charge < -0.3 is 15.2 Å². The minimum Gasteiger partial charge on any atom is -0.497 e. The number of benzene rings is 2. The lowest BCUT2D eigenvalue weighted by Gasteiger charge is -2.19. The van der Waals surface area contributed by atoms with Crippen LogP contribution < -0.4 is 10.1 Å². The van der Waals surface area contributed by atoms with E-state index < -0.39 is 17.9 Å². The largest absolute Gasteiger partial charge is 0.497 e. The van der Waals surface area contributed by atoms with Crippen LogP contribution in [0.3, 0.4) is 0 Å². The van der Waals surface area contributed by atoms with Gasteiger partial charge in [-0.1, -0.05) is 41.5 Å². The molecule has 25 heavy (non-hydrogen) atoms. The normalized spacial score (nSPS) is 13.0. The Labute approximate surface area is 147 Å². The van der Waals surface area contributed by atoms with Crippen molar-refractivity contribution in [1.29, 1.82) is 0 Å². The Balaban J connectivity index is 2.20. The van der Waals surface area contributed by atoms with Gasteiger partial charge in [0.15, 0.2) is 6.04 Å². The molecule has 132 valence electrons.